The van der Waals surface area contributed by atoms with Crippen LogP contribution < -0.4 is 0 Å². The molecule has 0 amide bonds. The zero-order valence-electron chi connectivity index (χ0n) is 6.46. The van der Waals surface area contributed by atoms with E-state index in [4.69, 9.17) is 0 Å². The van der Waals surface area contributed by atoms with Crippen LogP contribution in [-0.2, 0) is 0 Å². The van der Waals surface area contributed by atoms with Gasteiger partial charge in [0, 0.05) is 5.92 Å². The van der Waals surface area contributed by atoms with Gasteiger partial charge in [0.05, 0.1) is 0 Å². The predicted molar refractivity (Wildman–Crippen MR) is 39.7 cm³/mol. The Bertz CT molecular complexity index is 165. The Balaban J connectivity index is 0.000000231. The van der Waals surface area contributed by atoms with Gasteiger partial charge in [0.2, 0.25) is 0 Å². The maximum absolute atomic E-state index is 4.01. The van der Waals surface area contributed by atoms with Crippen molar-refractivity contribution >= 4 is 0 Å². The van der Waals surface area contributed by atoms with Crippen molar-refractivity contribution in [2.75, 3.05) is 0 Å². The second kappa shape index (κ2) is 3.34. The van der Waals surface area contributed by atoms with Crippen molar-refractivity contribution in [2.45, 2.75) is 32.6 Å². The van der Waals surface area contributed by atoms with E-state index in [2.05, 4.69) is 15.2 Å². The molecule has 0 bridgehead atoms. The van der Waals surface area contributed by atoms with E-state index in [1.54, 1.807) is 6.33 Å². The summed E-state index contributed by atoms with van der Waals surface area (Å²) in [6, 6.07) is 0. The van der Waals surface area contributed by atoms with Crippen molar-refractivity contribution in [1.82, 2.24) is 15.2 Å². The third-order valence-electron chi connectivity index (χ3n) is 1.40. The molecule has 3 heteroatoms. The topological polar surface area (TPSA) is 41.6 Å². The van der Waals surface area contributed by atoms with E-state index in [1.165, 1.54) is 12.8 Å². The second-order valence-electron chi connectivity index (χ2n) is 2.14. The lowest BCUT2D eigenvalue weighted by atomic mass is 10.4. The van der Waals surface area contributed by atoms with Gasteiger partial charge in [-0.15, -0.1) is 0 Å². The molecule has 0 saturated heterocycles. The van der Waals surface area contributed by atoms with Gasteiger partial charge in [-0.3, -0.25) is 5.10 Å². The molecule has 3 nitrogen and oxygen atoms in total. The van der Waals surface area contributed by atoms with Gasteiger partial charge >= 0.3 is 0 Å². The lowest BCUT2D eigenvalue weighted by molar-refractivity contribution is 0.934. The molecule has 0 atom stereocenters. The third kappa shape index (κ3) is 1.56. The first-order valence-corrected chi connectivity index (χ1v) is 3.82. The highest BCUT2D eigenvalue weighted by Crippen LogP contribution is 2.37. The number of H-pyrrole nitrogens is 1. The average molecular weight is 139 g/mol. The lowest BCUT2D eigenvalue weighted by Gasteiger charge is -1.80. The normalized spacial score (nSPS) is 15.8. The number of nitrogens with one attached hydrogen (secondary N) is 1. The predicted octanol–water partition coefficient (Wildman–Crippen LogP) is 1.71. The first kappa shape index (κ1) is 7.25. The number of aromatic nitrogens is 3. The van der Waals surface area contributed by atoms with Crippen molar-refractivity contribution in [2.24, 2.45) is 0 Å². The first-order chi connectivity index (χ1) is 4.97. The fourth-order valence-electron chi connectivity index (χ4n) is 0.768. The molecule has 0 unspecified atom stereocenters. The van der Waals surface area contributed by atoms with Crippen LogP contribution in [0.25, 0.3) is 0 Å². The molecule has 1 N–H and O–H groups in total. The summed E-state index contributed by atoms with van der Waals surface area (Å²) in [6.07, 6.45) is 4.14. The molecule has 0 aromatic carbocycles. The number of hydrogen-bond donors (Lipinski definition) is 1. The van der Waals surface area contributed by atoms with Crippen molar-refractivity contribution in [3.63, 3.8) is 0 Å². The Morgan fingerprint density at radius 1 is 1.50 bits per heavy atom. The van der Waals surface area contributed by atoms with Gasteiger partial charge in [-0.2, -0.15) is 5.10 Å². The minimum Gasteiger partial charge on any atom is -0.263 e. The molecule has 0 aliphatic heterocycles. The maximum Gasteiger partial charge on any atom is 0.137 e. The molecule has 0 radical (unpaired) electrons. The molecule has 0 spiro atoms. The largest absolute Gasteiger partial charge is 0.263 e. The van der Waals surface area contributed by atoms with Crippen LogP contribution in [0.1, 0.15) is 38.4 Å². The van der Waals surface area contributed by atoms with Crippen molar-refractivity contribution in [3.8, 4) is 0 Å². The highest BCUT2D eigenvalue weighted by molar-refractivity contribution is 5.01. The minimum absolute atomic E-state index is 0.706. The van der Waals surface area contributed by atoms with Crippen LogP contribution in [0.4, 0.5) is 0 Å². The van der Waals surface area contributed by atoms with Gasteiger partial charge in [-0.25, -0.2) is 4.98 Å². The van der Waals surface area contributed by atoms with Crippen LogP contribution in [0.5, 0.6) is 0 Å². The van der Waals surface area contributed by atoms with Gasteiger partial charge in [0.15, 0.2) is 0 Å². The molecular formula is C7H13N3. The molecule has 1 aromatic rings. The molecule has 1 saturated carbocycles. The standard InChI is InChI=1S/C5H7N3.C2H6/c1-2-4(1)5-6-3-7-8-5;1-2/h3-4H,1-2H2,(H,6,7,8);1-2H3. The van der Waals surface area contributed by atoms with E-state index in [9.17, 15) is 0 Å². The second-order valence-corrected chi connectivity index (χ2v) is 2.14. The Labute approximate surface area is 60.9 Å². The number of hydrogen-bond acceptors (Lipinski definition) is 2. The lowest BCUT2D eigenvalue weighted by Crippen LogP contribution is -1.79. The van der Waals surface area contributed by atoms with E-state index in [1.807, 2.05) is 13.8 Å². The summed E-state index contributed by atoms with van der Waals surface area (Å²) in [6.45, 7) is 4.00. The first-order valence-electron chi connectivity index (χ1n) is 3.82. The summed E-state index contributed by atoms with van der Waals surface area (Å²) in [4.78, 5) is 4.01. The summed E-state index contributed by atoms with van der Waals surface area (Å²) < 4.78 is 0. The van der Waals surface area contributed by atoms with Crippen LogP contribution in [-0.4, -0.2) is 15.2 Å². The molecular weight excluding hydrogens is 126 g/mol. The SMILES string of the molecule is CC.c1n[nH]c(C2CC2)n1. The monoisotopic (exact) mass is 139 g/mol. The van der Waals surface area contributed by atoms with Gasteiger partial charge in [0.1, 0.15) is 12.2 Å². The zero-order valence-corrected chi connectivity index (χ0v) is 6.46. The van der Waals surface area contributed by atoms with E-state index in [-0.39, 0.29) is 0 Å². The zero-order chi connectivity index (χ0) is 7.40. The Morgan fingerprint density at radius 2 is 2.20 bits per heavy atom. The Morgan fingerprint density at radius 3 is 2.60 bits per heavy atom. The summed E-state index contributed by atoms with van der Waals surface area (Å²) >= 11 is 0. The quantitative estimate of drug-likeness (QED) is 0.643. The third-order valence-corrected chi connectivity index (χ3v) is 1.40. The molecule has 1 fully saturated rings. The molecule has 1 aliphatic carbocycles. The molecule has 1 aromatic heterocycles. The summed E-state index contributed by atoms with van der Waals surface area (Å²) in [7, 11) is 0. The summed E-state index contributed by atoms with van der Waals surface area (Å²) in [5.41, 5.74) is 0. The van der Waals surface area contributed by atoms with E-state index in [0.29, 0.717) is 5.92 Å². The summed E-state index contributed by atoms with van der Waals surface area (Å²) in [5.74, 6) is 1.77. The highest BCUT2D eigenvalue weighted by atomic mass is 15.2. The van der Waals surface area contributed by atoms with Crippen LogP contribution in [0.2, 0.25) is 0 Å². The van der Waals surface area contributed by atoms with Gasteiger partial charge < -0.3 is 0 Å². The van der Waals surface area contributed by atoms with Crippen LogP contribution in [0, 0.1) is 0 Å². The number of nitrogens with zero attached hydrogens (tertiary/aromatic N) is 2. The van der Waals surface area contributed by atoms with Crippen molar-refractivity contribution in [3.05, 3.63) is 12.2 Å². The van der Waals surface area contributed by atoms with Crippen molar-refractivity contribution < 1.29 is 0 Å². The van der Waals surface area contributed by atoms with Gasteiger partial charge in [0.25, 0.3) is 0 Å². The summed E-state index contributed by atoms with van der Waals surface area (Å²) in [5, 5.41) is 6.59. The smallest absolute Gasteiger partial charge is 0.137 e. The highest BCUT2D eigenvalue weighted by Gasteiger charge is 2.25. The number of rotatable bonds is 1. The van der Waals surface area contributed by atoms with Crippen LogP contribution >= 0.6 is 0 Å². The van der Waals surface area contributed by atoms with Gasteiger partial charge in [-0.1, -0.05) is 13.8 Å². The van der Waals surface area contributed by atoms with E-state index >= 15 is 0 Å². The Hall–Kier alpha value is -0.860. The fourth-order valence-corrected chi connectivity index (χ4v) is 0.768. The van der Waals surface area contributed by atoms with Crippen molar-refractivity contribution in [1.29, 1.82) is 0 Å². The molecule has 1 heterocycles. The Kier molecular flexibility index (Phi) is 2.42. The fraction of sp³-hybridized carbons (Fsp3) is 0.714. The van der Waals surface area contributed by atoms with Crippen LogP contribution in [0.15, 0.2) is 6.33 Å². The maximum atomic E-state index is 4.01. The minimum atomic E-state index is 0.706. The molecule has 10 heavy (non-hydrogen) atoms. The average Bonchev–Trinajstić information content (AvgIpc) is 2.72. The van der Waals surface area contributed by atoms with Crippen LogP contribution in [0.3, 0.4) is 0 Å². The van der Waals surface area contributed by atoms with E-state index in [0.717, 1.165) is 5.82 Å². The van der Waals surface area contributed by atoms with Gasteiger partial charge in [-0.05, 0) is 12.8 Å². The molecule has 1 aliphatic rings. The molecule has 2 rings (SSSR count). The van der Waals surface area contributed by atoms with E-state index < -0.39 is 0 Å². The number of aromatic amines is 1. The molecule has 56 valence electrons.